The zero-order valence-corrected chi connectivity index (χ0v) is 18.2. The highest BCUT2D eigenvalue weighted by molar-refractivity contribution is 7.90. The van der Waals surface area contributed by atoms with Crippen LogP contribution in [0.3, 0.4) is 0 Å². The third-order valence-corrected chi connectivity index (χ3v) is 7.56. The molecule has 1 aromatic carbocycles. The van der Waals surface area contributed by atoms with Crippen LogP contribution in [-0.4, -0.2) is 55.8 Å². The molecule has 170 valence electrons. The average Bonchev–Trinajstić information content (AvgIpc) is 2.79. The van der Waals surface area contributed by atoms with Gasteiger partial charge in [-0.3, -0.25) is 4.79 Å². The molecule has 4 rings (SSSR count). The van der Waals surface area contributed by atoms with E-state index in [0.717, 1.165) is 10.4 Å². The number of amides is 1. The third-order valence-electron chi connectivity index (χ3n) is 5.55. The number of anilines is 1. The minimum absolute atomic E-state index is 0.0256. The van der Waals surface area contributed by atoms with Crippen molar-refractivity contribution in [1.29, 1.82) is 0 Å². The van der Waals surface area contributed by atoms with Crippen LogP contribution in [0.1, 0.15) is 28.9 Å². The average molecular weight is 463 g/mol. The van der Waals surface area contributed by atoms with E-state index in [1.807, 2.05) is 0 Å². The van der Waals surface area contributed by atoms with Crippen molar-refractivity contribution < 1.29 is 27.1 Å². The van der Waals surface area contributed by atoms with Gasteiger partial charge >= 0.3 is 0 Å². The number of methoxy groups -OCH3 is 1. The number of carbonyl (C=O) groups excluding carboxylic acids is 1. The van der Waals surface area contributed by atoms with Gasteiger partial charge < -0.3 is 20.5 Å². The molecule has 1 saturated heterocycles. The van der Waals surface area contributed by atoms with E-state index >= 15 is 4.39 Å². The van der Waals surface area contributed by atoms with Crippen LogP contribution in [0.25, 0.3) is 0 Å². The van der Waals surface area contributed by atoms with Crippen LogP contribution in [0, 0.1) is 5.82 Å². The lowest BCUT2D eigenvalue weighted by atomic mass is 9.84. The number of fused-ring (bicyclic) bond motifs is 1. The summed E-state index contributed by atoms with van der Waals surface area (Å²) < 4.78 is 52.4. The molecule has 1 amide bonds. The van der Waals surface area contributed by atoms with Gasteiger partial charge in [-0.15, -0.1) is 0 Å². The minimum atomic E-state index is -4.04. The van der Waals surface area contributed by atoms with Crippen molar-refractivity contribution in [2.24, 2.45) is 10.7 Å². The van der Waals surface area contributed by atoms with Crippen LogP contribution in [0.4, 0.5) is 10.1 Å². The summed E-state index contributed by atoms with van der Waals surface area (Å²) >= 11 is 0. The molecule has 2 aliphatic heterocycles. The summed E-state index contributed by atoms with van der Waals surface area (Å²) in [6, 6.07) is 6.93. The fraction of sp³-hybridized carbons (Fsp3) is 0.350. The quantitative estimate of drug-likeness (QED) is 0.699. The van der Waals surface area contributed by atoms with Gasteiger partial charge in [-0.05, 0) is 43.2 Å². The number of guanidine groups is 1. The lowest BCUT2D eigenvalue weighted by molar-refractivity contribution is 0.000601. The van der Waals surface area contributed by atoms with E-state index in [2.05, 4.69) is 15.3 Å². The molecule has 2 aromatic rings. The highest BCUT2D eigenvalue weighted by Gasteiger charge is 2.56. The second kappa shape index (κ2) is 8.02. The molecule has 3 N–H and O–H groups in total. The number of aliphatic imine (C=N–C) groups is 1. The Morgan fingerprint density at radius 3 is 2.84 bits per heavy atom. The molecule has 0 spiro atoms. The maximum absolute atomic E-state index is 15.0. The lowest BCUT2D eigenvalue weighted by Crippen LogP contribution is -2.60. The highest BCUT2D eigenvalue weighted by Crippen LogP contribution is 2.46. The number of hydrogen-bond donors (Lipinski definition) is 2. The van der Waals surface area contributed by atoms with Gasteiger partial charge in [0.05, 0.1) is 13.3 Å². The van der Waals surface area contributed by atoms with Crippen molar-refractivity contribution in [2.45, 2.75) is 23.8 Å². The molecule has 0 saturated carbocycles. The van der Waals surface area contributed by atoms with Gasteiger partial charge in [0, 0.05) is 24.9 Å². The van der Waals surface area contributed by atoms with Gasteiger partial charge in [0.1, 0.15) is 22.8 Å². The number of sulfonamides is 1. The summed E-state index contributed by atoms with van der Waals surface area (Å²) in [5.74, 6) is -0.981. The summed E-state index contributed by atoms with van der Waals surface area (Å²) in [6.07, 6.45) is 2.06. The van der Waals surface area contributed by atoms with Crippen molar-refractivity contribution in [2.75, 3.05) is 26.1 Å². The lowest BCUT2D eigenvalue weighted by Gasteiger charge is -2.45. The number of rotatable bonds is 4. The largest absolute Gasteiger partial charge is 0.495 e. The molecule has 32 heavy (non-hydrogen) atoms. The van der Waals surface area contributed by atoms with Gasteiger partial charge in [-0.1, -0.05) is 0 Å². The second-order valence-electron chi connectivity index (χ2n) is 7.44. The molecule has 12 heteroatoms. The fourth-order valence-corrected chi connectivity index (χ4v) is 5.51. The summed E-state index contributed by atoms with van der Waals surface area (Å²) in [7, 11) is -1.29. The number of aromatic nitrogens is 1. The van der Waals surface area contributed by atoms with Crippen LogP contribution in [-0.2, 0) is 20.3 Å². The van der Waals surface area contributed by atoms with Gasteiger partial charge in [0.25, 0.3) is 15.9 Å². The molecular formula is C20H22FN5O5S. The predicted molar refractivity (Wildman–Crippen MR) is 114 cm³/mol. The number of halogens is 1. The number of pyridine rings is 1. The van der Waals surface area contributed by atoms with Crippen molar-refractivity contribution in [3.63, 3.8) is 0 Å². The first-order valence-electron chi connectivity index (χ1n) is 9.75. The van der Waals surface area contributed by atoms with Crippen molar-refractivity contribution in [1.82, 2.24) is 9.29 Å². The van der Waals surface area contributed by atoms with Gasteiger partial charge in [0.15, 0.2) is 0 Å². The Morgan fingerprint density at radius 1 is 1.38 bits per heavy atom. The van der Waals surface area contributed by atoms with Crippen LogP contribution in [0.2, 0.25) is 0 Å². The van der Waals surface area contributed by atoms with E-state index in [9.17, 15) is 13.2 Å². The number of benzene rings is 1. The zero-order valence-electron chi connectivity index (χ0n) is 17.4. The smallest absolute Gasteiger partial charge is 0.274 e. The molecule has 1 fully saturated rings. The first-order valence-corrected chi connectivity index (χ1v) is 11.3. The first kappa shape index (κ1) is 22.0. The van der Waals surface area contributed by atoms with Gasteiger partial charge in [-0.25, -0.2) is 27.1 Å². The standard InChI is InChI=1S/C20H22FN5O5S/c1-26-19(22)25-20(8-3-9-31-18(20)32(26,28)29)14-10-12(4-6-15(14)21)24-17(27)16-7-5-13(30-2)11-23-16/h4-7,10-11,18H,3,8-9H2,1-2H3,(H2,22,25)(H,24,27). The number of hydrogen-bond acceptors (Lipinski definition) is 8. The van der Waals surface area contributed by atoms with E-state index in [-0.39, 0.29) is 35.9 Å². The zero-order chi connectivity index (χ0) is 23.1. The summed E-state index contributed by atoms with van der Waals surface area (Å²) in [5.41, 5.74) is 3.21. The fourth-order valence-electron chi connectivity index (χ4n) is 3.86. The summed E-state index contributed by atoms with van der Waals surface area (Å²) in [5, 5.41) is 2.65. The maximum atomic E-state index is 15.0. The normalized spacial score (nSPS) is 24.3. The minimum Gasteiger partial charge on any atom is -0.495 e. The predicted octanol–water partition coefficient (Wildman–Crippen LogP) is 1.40. The number of nitrogens with one attached hydrogen (secondary N) is 1. The van der Waals surface area contributed by atoms with Crippen LogP contribution >= 0.6 is 0 Å². The number of carbonyl (C=O) groups is 1. The highest BCUT2D eigenvalue weighted by atomic mass is 32.2. The number of ether oxygens (including phenoxy) is 2. The Balaban J connectivity index is 1.74. The second-order valence-corrected chi connectivity index (χ2v) is 9.45. The Bertz CT molecular complexity index is 1190. The van der Waals surface area contributed by atoms with Crippen LogP contribution in [0.15, 0.2) is 41.5 Å². The van der Waals surface area contributed by atoms with E-state index in [1.165, 1.54) is 38.6 Å². The van der Waals surface area contributed by atoms with Crippen molar-refractivity contribution >= 4 is 27.6 Å². The van der Waals surface area contributed by atoms with Crippen molar-refractivity contribution in [3.8, 4) is 5.75 Å². The molecule has 2 unspecified atom stereocenters. The molecule has 1 aromatic heterocycles. The first-order chi connectivity index (χ1) is 15.2. The molecule has 2 atom stereocenters. The SMILES string of the molecule is COc1ccc(C(=O)Nc2ccc(F)c(C34CCCOC3S(=O)(=O)N(C)C(N)=N4)c2)nc1. The molecule has 0 bridgehead atoms. The third kappa shape index (κ3) is 3.54. The van der Waals surface area contributed by atoms with Crippen LogP contribution in [0.5, 0.6) is 5.75 Å². The summed E-state index contributed by atoms with van der Waals surface area (Å²) in [4.78, 5) is 21.0. The maximum Gasteiger partial charge on any atom is 0.274 e. The Kier molecular flexibility index (Phi) is 5.51. The molecule has 10 nitrogen and oxygen atoms in total. The molecular weight excluding hydrogens is 441 g/mol. The Hall–Kier alpha value is -3.25. The monoisotopic (exact) mass is 463 g/mol. The van der Waals surface area contributed by atoms with Gasteiger partial charge in [-0.2, -0.15) is 0 Å². The molecule has 3 heterocycles. The number of nitrogens with two attached hydrogens (primary N) is 1. The number of nitrogens with zero attached hydrogens (tertiary/aromatic N) is 3. The van der Waals surface area contributed by atoms with E-state index in [0.29, 0.717) is 12.2 Å². The Morgan fingerprint density at radius 2 is 2.16 bits per heavy atom. The van der Waals surface area contributed by atoms with E-state index in [4.69, 9.17) is 15.2 Å². The van der Waals surface area contributed by atoms with E-state index < -0.39 is 32.7 Å². The van der Waals surface area contributed by atoms with Crippen LogP contribution < -0.4 is 15.8 Å². The topological polar surface area (TPSA) is 136 Å². The molecule has 0 radical (unpaired) electrons. The molecule has 2 aliphatic rings. The van der Waals surface area contributed by atoms with Gasteiger partial charge in [0.2, 0.25) is 11.4 Å². The molecule has 0 aliphatic carbocycles. The summed E-state index contributed by atoms with van der Waals surface area (Å²) in [6.45, 7) is 0.191. The Labute approximate surface area is 184 Å². The van der Waals surface area contributed by atoms with E-state index in [1.54, 1.807) is 6.07 Å². The van der Waals surface area contributed by atoms with Crippen molar-refractivity contribution in [3.05, 3.63) is 53.6 Å².